The molecule has 4 nitrogen and oxygen atoms in total. The first-order chi connectivity index (χ1) is 9.49. The van der Waals surface area contributed by atoms with Crippen LogP contribution in [0.3, 0.4) is 0 Å². The third-order valence-electron chi connectivity index (χ3n) is 3.61. The van der Waals surface area contributed by atoms with Gasteiger partial charge in [-0.2, -0.15) is 0 Å². The Labute approximate surface area is 122 Å². The Bertz CT molecular complexity index is 820. The molecule has 0 aliphatic carbocycles. The van der Waals surface area contributed by atoms with Crippen molar-refractivity contribution in [2.75, 3.05) is 0 Å². The van der Waals surface area contributed by atoms with Gasteiger partial charge in [-0.25, -0.2) is 4.98 Å². The van der Waals surface area contributed by atoms with E-state index in [4.69, 9.17) is 11.6 Å². The van der Waals surface area contributed by atoms with Crippen LogP contribution in [0, 0.1) is 27.7 Å². The van der Waals surface area contributed by atoms with E-state index in [1.807, 2.05) is 18.2 Å². The first-order valence-corrected chi connectivity index (χ1v) is 6.82. The van der Waals surface area contributed by atoms with Gasteiger partial charge in [-0.1, -0.05) is 29.3 Å². The summed E-state index contributed by atoms with van der Waals surface area (Å²) < 4.78 is 1.98. The lowest BCUT2D eigenvalue weighted by Crippen LogP contribution is -2.01. The van der Waals surface area contributed by atoms with Crippen molar-refractivity contribution in [1.29, 1.82) is 0 Å². The van der Waals surface area contributed by atoms with E-state index in [0.717, 1.165) is 28.3 Å². The van der Waals surface area contributed by atoms with Crippen molar-refractivity contribution in [3.63, 3.8) is 0 Å². The van der Waals surface area contributed by atoms with Gasteiger partial charge in [-0.3, -0.25) is 4.40 Å². The van der Waals surface area contributed by atoms with E-state index in [1.54, 1.807) is 0 Å². The fourth-order valence-corrected chi connectivity index (χ4v) is 2.58. The summed E-state index contributed by atoms with van der Waals surface area (Å²) in [5, 5.41) is 8.89. The Morgan fingerprint density at radius 2 is 1.80 bits per heavy atom. The second kappa shape index (κ2) is 4.56. The van der Waals surface area contributed by atoms with Gasteiger partial charge in [-0.15, -0.1) is 10.2 Å². The van der Waals surface area contributed by atoms with Gasteiger partial charge in [0.15, 0.2) is 16.6 Å². The predicted octanol–water partition coefficient (Wildman–Crippen LogP) is 3.68. The summed E-state index contributed by atoms with van der Waals surface area (Å²) in [6.45, 7) is 8.08. The largest absolute Gasteiger partial charge is 0.275 e. The van der Waals surface area contributed by atoms with Gasteiger partial charge in [0.1, 0.15) is 0 Å². The number of halogens is 1. The molecule has 2 aromatic heterocycles. The van der Waals surface area contributed by atoms with Crippen LogP contribution in [0.4, 0.5) is 0 Å². The number of benzene rings is 1. The standard InChI is InChI=1S/C15H15ClN4/c1-8-5-6-9(2)12(7-8)14-18-19-15-13(16)17-10(3)11(4)20(14)15/h5-7H,1-4H3. The molecule has 0 saturated heterocycles. The molecule has 3 aromatic rings. The molecular formula is C15H15ClN4. The highest BCUT2D eigenvalue weighted by atomic mass is 35.5. The van der Waals surface area contributed by atoms with Crippen LogP contribution in [0.2, 0.25) is 5.15 Å². The molecule has 102 valence electrons. The zero-order valence-electron chi connectivity index (χ0n) is 11.9. The molecule has 0 fully saturated rings. The van der Waals surface area contributed by atoms with Gasteiger partial charge in [-0.05, 0) is 39.3 Å². The SMILES string of the molecule is Cc1ccc(C)c(-c2nnc3c(Cl)nc(C)c(C)n23)c1. The summed E-state index contributed by atoms with van der Waals surface area (Å²) in [4.78, 5) is 4.29. The van der Waals surface area contributed by atoms with Gasteiger partial charge in [0, 0.05) is 11.3 Å². The number of aromatic nitrogens is 4. The maximum atomic E-state index is 6.17. The zero-order chi connectivity index (χ0) is 14.4. The molecule has 0 bridgehead atoms. The van der Waals surface area contributed by atoms with Crippen LogP contribution in [-0.4, -0.2) is 19.6 Å². The second-order valence-corrected chi connectivity index (χ2v) is 5.43. The van der Waals surface area contributed by atoms with Crippen LogP contribution in [0.25, 0.3) is 17.0 Å². The smallest absolute Gasteiger partial charge is 0.199 e. The van der Waals surface area contributed by atoms with Gasteiger partial charge in [0.05, 0.1) is 5.69 Å². The van der Waals surface area contributed by atoms with Crippen LogP contribution < -0.4 is 0 Å². The fourth-order valence-electron chi connectivity index (χ4n) is 2.33. The lowest BCUT2D eigenvalue weighted by atomic mass is 10.1. The number of nitrogens with zero attached hydrogens (tertiary/aromatic N) is 4. The molecule has 0 spiro atoms. The zero-order valence-corrected chi connectivity index (χ0v) is 12.7. The van der Waals surface area contributed by atoms with E-state index in [0.29, 0.717) is 10.8 Å². The van der Waals surface area contributed by atoms with Crippen LogP contribution in [0.5, 0.6) is 0 Å². The molecule has 0 saturated carbocycles. The van der Waals surface area contributed by atoms with E-state index in [9.17, 15) is 0 Å². The molecule has 20 heavy (non-hydrogen) atoms. The highest BCUT2D eigenvalue weighted by Gasteiger charge is 2.16. The van der Waals surface area contributed by atoms with Crippen LogP contribution in [0.1, 0.15) is 22.5 Å². The number of aryl methyl sites for hydroxylation is 4. The average molecular weight is 287 g/mol. The molecule has 3 rings (SSSR count). The van der Waals surface area contributed by atoms with Crippen molar-refractivity contribution >= 4 is 17.2 Å². The predicted molar refractivity (Wildman–Crippen MR) is 80.2 cm³/mol. The quantitative estimate of drug-likeness (QED) is 0.685. The third-order valence-corrected chi connectivity index (χ3v) is 3.86. The molecule has 5 heteroatoms. The van der Waals surface area contributed by atoms with E-state index in [1.165, 1.54) is 5.56 Å². The lowest BCUT2D eigenvalue weighted by molar-refractivity contribution is 0.998. The molecular weight excluding hydrogens is 272 g/mol. The highest BCUT2D eigenvalue weighted by molar-refractivity contribution is 6.32. The van der Waals surface area contributed by atoms with E-state index < -0.39 is 0 Å². The minimum Gasteiger partial charge on any atom is -0.275 e. The van der Waals surface area contributed by atoms with Gasteiger partial charge >= 0.3 is 0 Å². The molecule has 0 radical (unpaired) electrons. The normalized spacial score (nSPS) is 11.2. The monoisotopic (exact) mass is 286 g/mol. The topological polar surface area (TPSA) is 43.1 Å². The van der Waals surface area contributed by atoms with E-state index >= 15 is 0 Å². The Balaban J connectivity index is 2.41. The van der Waals surface area contributed by atoms with Gasteiger partial charge in [0.25, 0.3) is 0 Å². The molecule has 0 aliphatic rings. The number of hydrogen-bond donors (Lipinski definition) is 0. The Hall–Kier alpha value is -1.94. The second-order valence-electron chi connectivity index (χ2n) is 5.07. The Kier molecular flexibility index (Phi) is 2.98. The summed E-state index contributed by atoms with van der Waals surface area (Å²) >= 11 is 6.17. The third kappa shape index (κ3) is 1.88. The number of hydrogen-bond acceptors (Lipinski definition) is 3. The minimum absolute atomic E-state index is 0.386. The molecule has 1 aromatic carbocycles. The Morgan fingerprint density at radius 1 is 1.05 bits per heavy atom. The van der Waals surface area contributed by atoms with Crippen LogP contribution >= 0.6 is 11.6 Å². The van der Waals surface area contributed by atoms with Crippen molar-refractivity contribution < 1.29 is 0 Å². The molecule has 0 atom stereocenters. The first-order valence-electron chi connectivity index (χ1n) is 6.44. The fraction of sp³-hybridized carbons (Fsp3) is 0.267. The van der Waals surface area contributed by atoms with Crippen molar-refractivity contribution in [2.45, 2.75) is 27.7 Å². The highest BCUT2D eigenvalue weighted by Crippen LogP contribution is 2.27. The van der Waals surface area contributed by atoms with Crippen molar-refractivity contribution in [1.82, 2.24) is 19.6 Å². The van der Waals surface area contributed by atoms with Gasteiger partial charge < -0.3 is 0 Å². The minimum atomic E-state index is 0.386. The van der Waals surface area contributed by atoms with Crippen molar-refractivity contribution in [3.05, 3.63) is 45.9 Å². The Morgan fingerprint density at radius 3 is 2.55 bits per heavy atom. The van der Waals surface area contributed by atoms with Gasteiger partial charge in [0.2, 0.25) is 0 Å². The lowest BCUT2D eigenvalue weighted by Gasteiger charge is -2.09. The molecule has 0 unspecified atom stereocenters. The number of rotatable bonds is 1. The van der Waals surface area contributed by atoms with E-state index in [-0.39, 0.29) is 0 Å². The summed E-state index contributed by atoms with van der Waals surface area (Å²) in [6.07, 6.45) is 0. The summed E-state index contributed by atoms with van der Waals surface area (Å²) in [5.74, 6) is 0.811. The summed E-state index contributed by atoms with van der Waals surface area (Å²) in [7, 11) is 0. The summed E-state index contributed by atoms with van der Waals surface area (Å²) in [6, 6.07) is 6.31. The first kappa shape index (κ1) is 13.1. The van der Waals surface area contributed by atoms with E-state index in [2.05, 4.69) is 47.2 Å². The van der Waals surface area contributed by atoms with Crippen molar-refractivity contribution in [3.8, 4) is 11.4 Å². The molecule has 2 heterocycles. The maximum Gasteiger partial charge on any atom is 0.199 e. The maximum absolute atomic E-state index is 6.17. The summed E-state index contributed by atoms with van der Waals surface area (Å²) in [5.41, 5.74) is 5.92. The molecule has 0 aliphatic heterocycles. The average Bonchev–Trinajstić information content (AvgIpc) is 2.84. The molecule has 0 N–H and O–H groups in total. The molecule has 0 amide bonds. The van der Waals surface area contributed by atoms with Crippen LogP contribution in [-0.2, 0) is 0 Å². The van der Waals surface area contributed by atoms with Crippen molar-refractivity contribution in [2.24, 2.45) is 0 Å². The number of fused-ring (bicyclic) bond motifs is 1. The van der Waals surface area contributed by atoms with Crippen LogP contribution in [0.15, 0.2) is 18.2 Å².